The number of pyridine rings is 1. The number of aromatic nitrogens is 1. The van der Waals surface area contributed by atoms with E-state index in [4.69, 9.17) is 0 Å². The second-order valence-corrected chi connectivity index (χ2v) is 17.4. The average molecular weight is 600 g/mol. The fourth-order valence-corrected chi connectivity index (χ4v) is 10.2. The van der Waals surface area contributed by atoms with Crippen LogP contribution in [-0.4, -0.2) is 4.98 Å². The summed E-state index contributed by atoms with van der Waals surface area (Å²) in [5.41, 5.74) is 10.7. The molecule has 3 aliphatic carbocycles. The summed E-state index contributed by atoms with van der Waals surface area (Å²) in [5, 5.41) is 0. The molecule has 1 nitrogen and oxygen atoms in total. The highest BCUT2D eigenvalue weighted by atomic mass is 14.7. The van der Waals surface area contributed by atoms with Crippen LogP contribution in [0.2, 0.25) is 0 Å². The quantitative estimate of drug-likeness (QED) is 0.294. The zero-order valence-electron chi connectivity index (χ0n) is 31.1. The summed E-state index contributed by atoms with van der Waals surface area (Å²) in [6.45, 7) is 30.5. The molecule has 2 unspecified atom stereocenters. The number of hydrogen-bond donors (Lipinski definition) is 0. The molecule has 1 aromatic carbocycles. The van der Waals surface area contributed by atoms with Gasteiger partial charge in [-0.2, -0.15) is 0 Å². The van der Waals surface area contributed by atoms with Crippen molar-refractivity contribution in [2.24, 2.45) is 53.3 Å². The maximum atomic E-state index is 4.62. The van der Waals surface area contributed by atoms with Crippen molar-refractivity contribution >= 4 is 0 Å². The van der Waals surface area contributed by atoms with Crippen LogP contribution in [-0.2, 0) is 19.3 Å². The highest BCUT2D eigenvalue weighted by Gasteiger charge is 2.52. The molecular weight excluding hydrogens is 530 g/mol. The molecule has 5 rings (SSSR count). The lowest BCUT2D eigenvalue weighted by Gasteiger charge is -2.46. The number of hydrogen-bond acceptors (Lipinski definition) is 1. The largest absolute Gasteiger partial charge is 0.261 e. The standard InChI is InChI=1S/C26H40.C17H29N/c1-15(2)18-7-9-20-19(13-18)8-10-22-21(20)11-12-23-25(22)14-24(16(3)4)26(23)17(5)6;1-11(2)8-15-10-18-14(7)17(13(5)6)16(15)9-12(3)4/h7,9,13,15-17,21-26H,8,10-12,14H2,1-6H3;10-13H,8-9H2,1-7H3/t21-,22-,23+,24?,25+,26?;/m1./s1. The minimum atomic E-state index is 0.568. The highest BCUT2D eigenvalue weighted by molar-refractivity contribution is 5.40. The first-order valence-corrected chi connectivity index (χ1v) is 18.8. The fraction of sp³-hybridized carbons (Fsp3) is 0.744. The molecule has 0 saturated heterocycles. The van der Waals surface area contributed by atoms with Crippen molar-refractivity contribution in [1.82, 2.24) is 4.98 Å². The predicted molar refractivity (Wildman–Crippen MR) is 193 cm³/mol. The van der Waals surface area contributed by atoms with Crippen molar-refractivity contribution in [1.29, 1.82) is 0 Å². The number of fused-ring (bicyclic) bond motifs is 5. The van der Waals surface area contributed by atoms with Gasteiger partial charge in [-0.15, -0.1) is 0 Å². The van der Waals surface area contributed by atoms with Crippen LogP contribution < -0.4 is 0 Å². The smallest absolute Gasteiger partial charge is 0.0410 e. The van der Waals surface area contributed by atoms with Crippen LogP contribution in [0, 0.1) is 60.2 Å². The van der Waals surface area contributed by atoms with Crippen LogP contribution in [0.1, 0.15) is 166 Å². The van der Waals surface area contributed by atoms with Gasteiger partial charge in [0.2, 0.25) is 0 Å². The molecule has 2 saturated carbocycles. The molecule has 2 fully saturated rings. The zero-order chi connectivity index (χ0) is 32.5. The van der Waals surface area contributed by atoms with Crippen molar-refractivity contribution in [3.63, 3.8) is 0 Å². The first-order valence-electron chi connectivity index (χ1n) is 18.8. The second-order valence-electron chi connectivity index (χ2n) is 17.4. The predicted octanol–water partition coefficient (Wildman–Crippen LogP) is 12.3. The first-order chi connectivity index (χ1) is 20.7. The SMILES string of the molecule is CC(C)c1ccc2c(c1)CC[C@H]1[C@@H]3CC(C(C)C)C(C(C)C)[C@H]3CC[C@H]21.Cc1ncc(CC(C)C)c(CC(C)C)c1C(C)C. The van der Waals surface area contributed by atoms with E-state index >= 15 is 0 Å². The van der Waals surface area contributed by atoms with E-state index in [-0.39, 0.29) is 0 Å². The van der Waals surface area contributed by atoms with Crippen LogP contribution in [0.5, 0.6) is 0 Å². The topological polar surface area (TPSA) is 12.9 Å². The Kier molecular flexibility index (Phi) is 11.9. The van der Waals surface area contributed by atoms with Crippen molar-refractivity contribution in [3.05, 3.63) is 63.5 Å². The van der Waals surface area contributed by atoms with Gasteiger partial charge in [-0.1, -0.05) is 101 Å². The van der Waals surface area contributed by atoms with Gasteiger partial charge in [0.1, 0.15) is 0 Å². The molecule has 44 heavy (non-hydrogen) atoms. The molecular formula is C43H69N. The summed E-state index contributed by atoms with van der Waals surface area (Å²) in [4.78, 5) is 4.62. The molecule has 246 valence electrons. The van der Waals surface area contributed by atoms with Gasteiger partial charge in [0.15, 0.2) is 0 Å². The lowest BCUT2D eigenvalue weighted by molar-refractivity contribution is 0.0962. The molecule has 0 N–H and O–H groups in total. The van der Waals surface area contributed by atoms with Gasteiger partial charge in [0.25, 0.3) is 0 Å². The van der Waals surface area contributed by atoms with Gasteiger partial charge in [0, 0.05) is 11.9 Å². The third-order valence-corrected chi connectivity index (χ3v) is 11.9. The van der Waals surface area contributed by atoms with Gasteiger partial charge >= 0.3 is 0 Å². The van der Waals surface area contributed by atoms with Gasteiger partial charge in [0.05, 0.1) is 0 Å². The van der Waals surface area contributed by atoms with E-state index < -0.39 is 0 Å². The minimum Gasteiger partial charge on any atom is -0.261 e. The lowest BCUT2D eigenvalue weighted by atomic mass is 9.59. The normalized spacial score (nSPS) is 26.3. The molecule has 0 radical (unpaired) electrons. The van der Waals surface area contributed by atoms with Gasteiger partial charge in [-0.25, -0.2) is 0 Å². The number of aryl methyl sites for hydroxylation is 2. The molecule has 6 atom stereocenters. The summed E-state index contributed by atoms with van der Waals surface area (Å²) in [6, 6.07) is 7.50. The summed E-state index contributed by atoms with van der Waals surface area (Å²) >= 11 is 0. The zero-order valence-corrected chi connectivity index (χ0v) is 31.1. The first kappa shape index (κ1) is 35.2. The second kappa shape index (κ2) is 14.9. The van der Waals surface area contributed by atoms with Crippen LogP contribution in [0.15, 0.2) is 24.4 Å². The van der Waals surface area contributed by atoms with Crippen LogP contribution in [0.25, 0.3) is 0 Å². The molecule has 1 heteroatoms. The third-order valence-electron chi connectivity index (χ3n) is 11.9. The van der Waals surface area contributed by atoms with E-state index in [9.17, 15) is 0 Å². The molecule has 2 aromatic rings. The Morgan fingerprint density at radius 3 is 1.98 bits per heavy atom. The van der Waals surface area contributed by atoms with E-state index in [2.05, 4.69) is 119 Å². The van der Waals surface area contributed by atoms with E-state index in [0.29, 0.717) is 23.7 Å². The van der Waals surface area contributed by atoms with E-state index in [1.165, 1.54) is 60.9 Å². The Labute approximate surface area is 273 Å². The summed E-state index contributed by atoms with van der Waals surface area (Å²) < 4.78 is 0. The van der Waals surface area contributed by atoms with Crippen LogP contribution >= 0.6 is 0 Å². The Morgan fingerprint density at radius 2 is 1.41 bits per heavy atom. The van der Waals surface area contributed by atoms with E-state index in [1.54, 1.807) is 16.7 Å². The number of benzene rings is 1. The summed E-state index contributed by atoms with van der Waals surface area (Å²) in [5.74, 6) is 10.1. The van der Waals surface area contributed by atoms with Crippen molar-refractivity contribution in [3.8, 4) is 0 Å². The van der Waals surface area contributed by atoms with Crippen LogP contribution in [0.4, 0.5) is 0 Å². The summed E-state index contributed by atoms with van der Waals surface area (Å²) in [6.07, 6.45) is 11.7. The van der Waals surface area contributed by atoms with Crippen molar-refractivity contribution < 1.29 is 0 Å². The highest BCUT2D eigenvalue weighted by Crippen LogP contribution is 2.60. The Balaban J connectivity index is 0.000000217. The number of nitrogens with zero attached hydrogens (tertiary/aromatic N) is 1. The summed E-state index contributed by atoms with van der Waals surface area (Å²) in [7, 11) is 0. The molecule has 3 aliphatic rings. The minimum absolute atomic E-state index is 0.568. The Bertz CT molecular complexity index is 1210. The fourth-order valence-electron chi connectivity index (χ4n) is 10.2. The maximum Gasteiger partial charge on any atom is 0.0410 e. The van der Waals surface area contributed by atoms with Crippen molar-refractivity contribution in [2.45, 2.75) is 153 Å². The van der Waals surface area contributed by atoms with Gasteiger partial charge in [-0.3, -0.25) is 4.98 Å². The Hall–Kier alpha value is -1.63. The molecule has 0 aliphatic heterocycles. The van der Waals surface area contributed by atoms with E-state index in [0.717, 1.165) is 53.8 Å². The van der Waals surface area contributed by atoms with Gasteiger partial charge < -0.3 is 0 Å². The monoisotopic (exact) mass is 600 g/mol. The Morgan fingerprint density at radius 1 is 0.727 bits per heavy atom. The van der Waals surface area contributed by atoms with Gasteiger partial charge in [-0.05, 0) is 156 Å². The molecule has 0 amide bonds. The molecule has 0 spiro atoms. The third kappa shape index (κ3) is 7.66. The van der Waals surface area contributed by atoms with Crippen molar-refractivity contribution in [2.75, 3.05) is 0 Å². The molecule has 1 heterocycles. The molecule has 0 bridgehead atoms. The molecule has 1 aromatic heterocycles. The lowest BCUT2D eigenvalue weighted by Crippen LogP contribution is -2.36. The number of rotatable bonds is 8. The van der Waals surface area contributed by atoms with E-state index in [1.807, 2.05) is 0 Å². The van der Waals surface area contributed by atoms with Crippen LogP contribution in [0.3, 0.4) is 0 Å². The maximum absolute atomic E-state index is 4.62. The average Bonchev–Trinajstić information content (AvgIpc) is 3.34.